The number of hydrazone groups is 1. The molecule has 94 valence electrons. The van der Waals surface area contributed by atoms with Crippen molar-refractivity contribution in [1.29, 1.82) is 0 Å². The molecule has 0 heterocycles. The molecule has 0 aliphatic rings. The molecule has 0 rings (SSSR count). The van der Waals surface area contributed by atoms with Gasteiger partial charge in [-0.1, -0.05) is 43.4 Å². The molecule has 0 radical (unpaired) electrons. The van der Waals surface area contributed by atoms with Crippen molar-refractivity contribution in [2.75, 3.05) is 0 Å². The van der Waals surface area contributed by atoms with Crippen molar-refractivity contribution in [3.05, 3.63) is 47.7 Å². The van der Waals surface area contributed by atoms with Crippen molar-refractivity contribution < 1.29 is 0 Å². The largest absolute Gasteiger partial charge is 0.283 e. The average Bonchev–Trinajstić information content (AvgIpc) is 2.32. The highest BCUT2D eigenvalue weighted by Gasteiger charge is 1.96. The molecule has 0 atom stereocenters. The normalized spacial score (nSPS) is 15.0. The Hall–Kier alpha value is -1.57. The molecular formula is C15H24N2. The number of nitrogens with zero attached hydrogens (tertiary/aromatic N) is 1. The maximum absolute atomic E-state index is 4.36. The van der Waals surface area contributed by atoms with Crippen LogP contribution in [0.4, 0.5) is 0 Å². The third-order valence-electron chi connectivity index (χ3n) is 2.14. The van der Waals surface area contributed by atoms with Crippen LogP contribution in [0.5, 0.6) is 0 Å². The standard InChI is InChI=1S/C15H24N2/c1-6-9-12-15(11-8-3)14(5)17-16-13(4)10-7-2/h6,8-12,16H,7H2,1-5H3/b9-6?,11-8-,13-10-,15-12+,17-14+. The Morgan fingerprint density at radius 1 is 1.18 bits per heavy atom. The summed E-state index contributed by atoms with van der Waals surface area (Å²) < 4.78 is 0. The number of nitrogens with one attached hydrogen (secondary N) is 1. The summed E-state index contributed by atoms with van der Waals surface area (Å²) >= 11 is 0. The molecule has 1 N–H and O–H groups in total. The summed E-state index contributed by atoms with van der Waals surface area (Å²) in [7, 11) is 0. The lowest BCUT2D eigenvalue weighted by atomic mass is 10.1. The minimum atomic E-state index is 0.977. The molecule has 0 bridgehead atoms. The molecule has 0 aromatic carbocycles. The quantitative estimate of drug-likeness (QED) is 0.411. The lowest BCUT2D eigenvalue weighted by Crippen LogP contribution is -2.07. The number of allylic oxidation sites excluding steroid dienone is 8. The highest BCUT2D eigenvalue weighted by atomic mass is 15.3. The summed E-state index contributed by atoms with van der Waals surface area (Å²) in [6.45, 7) is 10.1. The molecule has 0 amide bonds. The summed E-state index contributed by atoms with van der Waals surface area (Å²) in [6.07, 6.45) is 13.3. The summed E-state index contributed by atoms with van der Waals surface area (Å²) in [4.78, 5) is 0. The van der Waals surface area contributed by atoms with E-state index in [1.165, 1.54) is 0 Å². The second-order valence-electron chi connectivity index (χ2n) is 3.75. The fraction of sp³-hybridized carbons (Fsp3) is 0.400. The van der Waals surface area contributed by atoms with Crippen molar-refractivity contribution in [3.63, 3.8) is 0 Å². The van der Waals surface area contributed by atoms with Gasteiger partial charge in [0.2, 0.25) is 0 Å². The van der Waals surface area contributed by atoms with Gasteiger partial charge in [0, 0.05) is 5.70 Å². The minimum absolute atomic E-state index is 0.977. The van der Waals surface area contributed by atoms with Gasteiger partial charge in [0.15, 0.2) is 0 Å². The molecule has 2 nitrogen and oxygen atoms in total. The van der Waals surface area contributed by atoms with Gasteiger partial charge in [-0.15, -0.1) is 0 Å². The van der Waals surface area contributed by atoms with Gasteiger partial charge >= 0.3 is 0 Å². The molecule has 17 heavy (non-hydrogen) atoms. The second kappa shape index (κ2) is 9.64. The van der Waals surface area contributed by atoms with E-state index in [4.69, 9.17) is 0 Å². The van der Waals surface area contributed by atoms with Gasteiger partial charge in [-0.05, 0) is 39.7 Å². The lowest BCUT2D eigenvalue weighted by molar-refractivity contribution is 0.874. The van der Waals surface area contributed by atoms with Crippen LogP contribution in [0.3, 0.4) is 0 Å². The van der Waals surface area contributed by atoms with Crippen molar-refractivity contribution in [2.45, 2.75) is 41.0 Å². The number of hydrogen-bond donors (Lipinski definition) is 1. The predicted molar refractivity (Wildman–Crippen MR) is 78.0 cm³/mol. The SMILES string of the molecule is CC=C/C=C(\C=C/C)C(/C)=N/N/C(C)=C\CC. The topological polar surface area (TPSA) is 24.4 Å². The molecule has 0 unspecified atom stereocenters. The van der Waals surface area contributed by atoms with Crippen LogP contribution in [0.1, 0.15) is 41.0 Å². The zero-order valence-electron chi connectivity index (χ0n) is 11.6. The first-order chi connectivity index (χ1) is 8.15. The van der Waals surface area contributed by atoms with E-state index < -0.39 is 0 Å². The number of hydrogen-bond acceptors (Lipinski definition) is 2. The molecule has 0 aliphatic carbocycles. The average molecular weight is 232 g/mol. The zero-order valence-corrected chi connectivity index (χ0v) is 11.6. The fourth-order valence-electron chi connectivity index (χ4n) is 1.26. The van der Waals surface area contributed by atoms with Crippen LogP contribution in [0, 0.1) is 0 Å². The minimum Gasteiger partial charge on any atom is -0.283 e. The van der Waals surface area contributed by atoms with Crippen LogP contribution >= 0.6 is 0 Å². The Balaban J connectivity index is 4.78. The van der Waals surface area contributed by atoms with E-state index in [9.17, 15) is 0 Å². The Morgan fingerprint density at radius 2 is 1.88 bits per heavy atom. The van der Waals surface area contributed by atoms with Gasteiger partial charge in [-0.2, -0.15) is 5.10 Å². The first-order valence-corrected chi connectivity index (χ1v) is 6.08. The Morgan fingerprint density at radius 3 is 2.41 bits per heavy atom. The van der Waals surface area contributed by atoms with Crippen LogP contribution in [0.25, 0.3) is 0 Å². The summed E-state index contributed by atoms with van der Waals surface area (Å²) in [5, 5.41) is 4.36. The molecule has 0 aliphatic heterocycles. The van der Waals surface area contributed by atoms with Crippen molar-refractivity contribution in [1.82, 2.24) is 5.43 Å². The second-order valence-corrected chi connectivity index (χ2v) is 3.75. The Bertz CT molecular complexity index is 355. The smallest absolute Gasteiger partial charge is 0.0648 e. The number of rotatable bonds is 6. The summed E-state index contributed by atoms with van der Waals surface area (Å²) in [5.41, 5.74) is 6.22. The molecule has 0 aromatic heterocycles. The van der Waals surface area contributed by atoms with Gasteiger partial charge in [-0.3, -0.25) is 5.43 Å². The van der Waals surface area contributed by atoms with Gasteiger partial charge in [0.25, 0.3) is 0 Å². The third kappa shape index (κ3) is 7.34. The van der Waals surface area contributed by atoms with E-state index in [1.54, 1.807) is 0 Å². The summed E-state index contributed by atoms with van der Waals surface area (Å²) in [5.74, 6) is 0. The molecule has 0 saturated carbocycles. The van der Waals surface area contributed by atoms with Crippen LogP contribution in [-0.2, 0) is 0 Å². The van der Waals surface area contributed by atoms with Crippen molar-refractivity contribution in [2.24, 2.45) is 5.10 Å². The highest BCUT2D eigenvalue weighted by Crippen LogP contribution is 2.02. The fourth-order valence-corrected chi connectivity index (χ4v) is 1.26. The van der Waals surface area contributed by atoms with Crippen LogP contribution in [0.2, 0.25) is 0 Å². The lowest BCUT2D eigenvalue weighted by Gasteiger charge is -2.04. The van der Waals surface area contributed by atoms with Crippen LogP contribution < -0.4 is 5.43 Å². The first-order valence-electron chi connectivity index (χ1n) is 6.08. The predicted octanol–water partition coefficient (Wildman–Crippen LogP) is 4.34. The van der Waals surface area contributed by atoms with Crippen molar-refractivity contribution >= 4 is 5.71 Å². The maximum atomic E-state index is 4.36. The summed E-state index contributed by atoms with van der Waals surface area (Å²) in [6, 6.07) is 0. The Kier molecular flexibility index (Phi) is 8.75. The zero-order chi connectivity index (χ0) is 13.1. The molecule has 0 saturated heterocycles. The molecule has 0 fully saturated rings. The molecule has 2 heteroatoms. The van der Waals surface area contributed by atoms with Gasteiger partial charge in [0.1, 0.15) is 0 Å². The monoisotopic (exact) mass is 232 g/mol. The van der Waals surface area contributed by atoms with E-state index in [0.29, 0.717) is 0 Å². The third-order valence-corrected chi connectivity index (χ3v) is 2.14. The Labute approximate surface area is 106 Å². The van der Waals surface area contributed by atoms with Crippen molar-refractivity contribution in [3.8, 4) is 0 Å². The van der Waals surface area contributed by atoms with Crippen LogP contribution in [-0.4, -0.2) is 5.71 Å². The van der Waals surface area contributed by atoms with Gasteiger partial charge < -0.3 is 0 Å². The van der Waals surface area contributed by atoms with E-state index in [-0.39, 0.29) is 0 Å². The van der Waals surface area contributed by atoms with E-state index in [1.807, 2.05) is 45.9 Å². The van der Waals surface area contributed by atoms with Crippen LogP contribution in [0.15, 0.2) is 52.8 Å². The van der Waals surface area contributed by atoms with Gasteiger partial charge in [0.05, 0.1) is 5.71 Å². The molecule has 0 aromatic rings. The maximum Gasteiger partial charge on any atom is 0.0648 e. The van der Waals surface area contributed by atoms with E-state index in [2.05, 4.69) is 35.7 Å². The molecular weight excluding hydrogens is 208 g/mol. The molecule has 0 spiro atoms. The highest BCUT2D eigenvalue weighted by molar-refractivity contribution is 6.00. The van der Waals surface area contributed by atoms with Gasteiger partial charge in [-0.25, -0.2) is 0 Å². The van der Waals surface area contributed by atoms with E-state index >= 15 is 0 Å². The first kappa shape index (κ1) is 15.4. The van der Waals surface area contributed by atoms with E-state index in [0.717, 1.165) is 23.4 Å².